The molecule has 1 aromatic rings. The van der Waals surface area contributed by atoms with Crippen LogP contribution in [0.25, 0.3) is 0 Å². The maximum absolute atomic E-state index is 11.6. The average Bonchev–Trinajstić information content (AvgIpc) is 2.27. The van der Waals surface area contributed by atoms with Crippen LogP contribution in [0.15, 0.2) is 24.3 Å². The van der Waals surface area contributed by atoms with Gasteiger partial charge in [0.05, 0.1) is 6.10 Å². The second kappa shape index (κ2) is 6.21. The van der Waals surface area contributed by atoms with Crippen molar-refractivity contribution in [2.75, 3.05) is 6.54 Å². The molecule has 0 fully saturated rings. The lowest BCUT2D eigenvalue weighted by molar-refractivity contribution is -0.128. The van der Waals surface area contributed by atoms with E-state index in [1.54, 1.807) is 18.2 Å². The highest BCUT2D eigenvalue weighted by atomic mass is 35.5. The van der Waals surface area contributed by atoms with Crippen molar-refractivity contribution in [3.63, 3.8) is 0 Å². The molecule has 100 valence electrons. The summed E-state index contributed by atoms with van der Waals surface area (Å²) in [5, 5.41) is 13.4. The summed E-state index contributed by atoms with van der Waals surface area (Å²) in [5.74, 6) is -0.0132. The second-order valence-electron chi connectivity index (χ2n) is 5.37. The van der Waals surface area contributed by atoms with Crippen LogP contribution in [-0.2, 0) is 4.79 Å². The van der Waals surface area contributed by atoms with Gasteiger partial charge in [-0.25, -0.2) is 0 Å². The lowest BCUT2D eigenvalue weighted by atomic mass is 9.95. The Morgan fingerprint density at radius 3 is 2.67 bits per heavy atom. The van der Waals surface area contributed by atoms with Gasteiger partial charge in [0, 0.05) is 17.0 Å². The number of amides is 1. The molecule has 1 rings (SSSR count). The molecule has 0 unspecified atom stereocenters. The maximum Gasteiger partial charge on any atom is 0.225 e. The predicted octanol–water partition coefficient (Wildman–Crippen LogP) is 2.93. The molecule has 0 aromatic heterocycles. The van der Waals surface area contributed by atoms with Crippen LogP contribution in [-0.4, -0.2) is 17.6 Å². The topological polar surface area (TPSA) is 49.3 Å². The van der Waals surface area contributed by atoms with Crippen LogP contribution in [0, 0.1) is 5.41 Å². The van der Waals surface area contributed by atoms with E-state index in [4.69, 9.17) is 11.6 Å². The number of carbonyl (C=O) groups excluding carboxylic acids is 1. The van der Waals surface area contributed by atoms with E-state index in [1.807, 2.05) is 26.8 Å². The largest absolute Gasteiger partial charge is 0.388 e. The first-order valence-corrected chi connectivity index (χ1v) is 6.40. The van der Waals surface area contributed by atoms with Gasteiger partial charge in [-0.05, 0) is 24.1 Å². The summed E-state index contributed by atoms with van der Waals surface area (Å²) < 4.78 is 0. The van der Waals surface area contributed by atoms with Crippen molar-refractivity contribution >= 4 is 17.5 Å². The van der Waals surface area contributed by atoms with Gasteiger partial charge in [-0.1, -0.05) is 44.5 Å². The van der Waals surface area contributed by atoms with Gasteiger partial charge in [0.2, 0.25) is 5.91 Å². The molecule has 0 aliphatic carbocycles. The van der Waals surface area contributed by atoms with Crippen molar-refractivity contribution in [2.24, 2.45) is 5.41 Å². The molecule has 0 aliphatic rings. The summed E-state index contributed by atoms with van der Waals surface area (Å²) >= 11 is 5.85. The van der Waals surface area contributed by atoms with Gasteiger partial charge < -0.3 is 10.4 Å². The zero-order chi connectivity index (χ0) is 13.8. The minimum absolute atomic E-state index is 0.0132. The Morgan fingerprint density at radius 1 is 1.44 bits per heavy atom. The fourth-order valence-electron chi connectivity index (χ4n) is 1.47. The Kier molecular flexibility index (Phi) is 5.17. The standard InChI is InChI=1S/C14H20ClNO2/c1-14(2,3)13(18)16-8-7-12(17)10-5-4-6-11(15)9-10/h4-6,9,12,17H,7-8H2,1-3H3,(H,16,18)/t12-/m0/s1. The molecule has 0 radical (unpaired) electrons. The molecule has 0 aliphatic heterocycles. The number of rotatable bonds is 4. The molecule has 1 amide bonds. The Bertz CT molecular complexity index is 413. The monoisotopic (exact) mass is 269 g/mol. The van der Waals surface area contributed by atoms with Gasteiger partial charge >= 0.3 is 0 Å². The van der Waals surface area contributed by atoms with E-state index in [1.165, 1.54) is 0 Å². The third-order valence-corrected chi connectivity index (χ3v) is 2.85. The molecule has 1 atom stereocenters. The third-order valence-electron chi connectivity index (χ3n) is 2.62. The van der Waals surface area contributed by atoms with Gasteiger partial charge in [0.25, 0.3) is 0 Å². The van der Waals surface area contributed by atoms with Crippen LogP contribution in [0.3, 0.4) is 0 Å². The normalized spacial score (nSPS) is 13.2. The summed E-state index contributed by atoms with van der Waals surface area (Å²) in [6, 6.07) is 7.12. The number of aliphatic hydroxyl groups is 1. The van der Waals surface area contributed by atoms with Crippen molar-refractivity contribution in [2.45, 2.75) is 33.3 Å². The van der Waals surface area contributed by atoms with Gasteiger partial charge in [-0.15, -0.1) is 0 Å². The van der Waals surface area contributed by atoms with Gasteiger partial charge in [-0.2, -0.15) is 0 Å². The number of halogens is 1. The van der Waals surface area contributed by atoms with E-state index in [0.29, 0.717) is 18.0 Å². The van der Waals surface area contributed by atoms with Crippen molar-refractivity contribution in [1.29, 1.82) is 0 Å². The van der Waals surface area contributed by atoms with Crippen LogP contribution in [0.2, 0.25) is 5.02 Å². The highest BCUT2D eigenvalue weighted by molar-refractivity contribution is 6.30. The number of nitrogens with one attached hydrogen (secondary N) is 1. The molecule has 0 bridgehead atoms. The van der Waals surface area contributed by atoms with E-state index in [9.17, 15) is 9.90 Å². The predicted molar refractivity (Wildman–Crippen MR) is 73.5 cm³/mol. The first-order chi connectivity index (χ1) is 8.30. The zero-order valence-electron chi connectivity index (χ0n) is 11.0. The molecule has 3 nitrogen and oxygen atoms in total. The average molecular weight is 270 g/mol. The lowest BCUT2D eigenvalue weighted by Crippen LogP contribution is -2.35. The van der Waals surface area contributed by atoms with E-state index in [-0.39, 0.29) is 5.91 Å². The number of hydrogen-bond donors (Lipinski definition) is 2. The molecular weight excluding hydrogens is 250 g/mol. The van der Waals surface area contributed by atoms with Gasteiger partial charge in [0.1, 0.15) is 0 Å². The Balaban J connectivity index is 2.43. The highest BCUT2D eigenvalue weighted by Crippen LogP contribution is 2.20. The second-order valence-corrected chi connectivity index (χ2v) is 5.80. The molecule has 4 heteroatoms. The van der Waals surface area contributed by atoms with E-state index >= 15 is 0 Å². The summed E-state index contributed by atoms with van der Waals surface area (Å²) in [6.45, 7) is 6.02. The van der Waals surface area contributed by atoms with Crippen molar-refractivity contribution in [1.82, 2.24) is 5.32 Å². The first-order valence-electron chi connectivity index (χ1n) is 6.02. The summed E-state index contributed by atoms with van der Waals surface area (Å²) in [5.41, 5.74) is 0.369. The van der Waals surface area contributed by atoms with Crippen molar-refractivity contribution < 1.29 is 9.90 Å². The fraction of sp³-hybridized carbons (Fsp3) is 0.500. The molecule has 0 heterocycles. The number of hydrogen-bond acceptors (Lipinski definition) is 2. The molecule has 0 saturated heterocycles. The quantitative estimate of drug-likeness (QED) is 0.883. The van der Waals surface area contributed by atoms with Crippen molar-refractivity contribution in [3.05, 3.63) is 34.9 Å². The van der Waals surface area contributed by atoms with Crippen LogP contribution in [0.4, 0.5) is 0 Å². The molecule has 1 aromatic carbocycles. The van der Waals surface area contributed by atoms with Crippen LogP contribution in [0.5, 0.6) is 0 Å². The van der Waals surface area contributed by atoms with E-state index in [0.717, 1.165) is 5.56 Å². The fourth-order valence-corrected chi connectivity index (χ4v) is 1.67. The smallest absolute Gasteiger partial charge is 0.225 e. The minimum Gasteiger partial charge on any atom is -0.388 e. The van der Waals surface area contributed by atoms with Gasteiger partial charge in [-0.3, -0.25) is 4.79 Å². The van der Waals surface area contributed by atoms with E-state index < -0.39 is 11.5 Å². The molecule has 0 saturated carbocycles. The highest BCUT2D eigenvalue weighted by Gasteiger charge is 2.20. The molecule has 2 N–H and O–H groups in total. The number of carbonyl (C=O) groups is 1. The summed E-state index contributed by atoms with van der Waals surface area (Å²) in [6.07, 6.45) is -0.133. The first kappa shape index (κ1) is 15.0. The number of benzene rings is 1. The van der Waals surface area contributed by atoms with Crippen molar-refractivity contribution in [3.8, 4) is 0 Å². The third kappa shape index (κ3) is 4.67. The molecular formula is C14H20ClNO2. The SMILES string of the molecule is CC(C)(C)C(=O)NCC[C@H](O)c1cccc(Cl)c1. The van der Waals surface area contributed by atoms with Crippen LogP contribution < -0.4 is 5.32 Å². The zero-order valence-corrected chi connectivity index (χ0v) is 11.8. The van der Waals surface area contributed by atoms with Crippen LogP contribution in [0.1, 0.15) is 38.9 Å². The Hall–Kier alpha value is -1.06. The summed E-state index contributed by atoms with van der Waals surface area (Å²) in [4.78, 5) is 11.6. The lowest BCUT2D eigenvalue weighted by Gasteiger charge is -2.18. The maximum atomic E-state index is 11.6. The Labute approximate surface area is 113 Å². The molecule has 0 spiro atoms. The van der Waals surface area contributed by atoms with E-state index in [2.05, 4.69) is 5.32 Å². The minimum atomic E-state index is -0.607. The van der Waals surface area contributed by atoms with Gasteiger partial charge in [0.15, 0.2) is 0 Å². The summed E-state index contributed by atoms with van der Waals surface area (Å²) in [7, 11) is 0. The van der Waals surface area contributed by atoms with Crippen LogP contribution >= 0.6 is 11.6 Å². The Morgan fingerprint density at radius 2 is 2.11 bits per heavy atom. The number of aliphatic hydroxyl groups excluding tert-OH is 1. The molecule has 18 heavy (non-hydrogen) atoms.